The fourth-order valence-electron chi connectivity index (χ4n) is 3.63. The highest BCUT2D eigenvalue weighted by Gasteiger charge is 2.39. The highest BCUT2D eigenvalue weighted by atomic mass is 35.5. The Balaban J connectivity index is 1.55. The van der Waals surface area contributed by atoms with Gasteiger partial charge in [0.05, 0.1) is 12.1 Å². The molecule has 3 rings (SSSR count). The van der Waals surface area contributed by atoms with Crippen LogP contribution in [0, 0.1) is 0 Å². The van der Waals surface area contributed by atoms with Crippen LogP contribution < -0.4 is 0 Å². The molecule has 1 aromatic carbocycles. The summed E-state index contributed by atoms with van der Waals surface area (Å²) in [5, 5.41) is 11.1. The largest absolute Gasteiger partial charge is 0.444 e. The molecule has 2 aliphatic heterocycles. The van der Waals surface area contributed by atoms with Crippen molar-refractivity contribution in [3.63, 3.8) is 0 Å². The number of aliphatic hydroxyl groups excluding tert-OH is 1. The minimum Gasteiger partial charge on any atom is -0.444 e. The summed E-state index contributed by atoms with van der Waals surface area (Å²) >= 11 is 5.88. The predicted octanol–water partition coefficient (Wildman–Crippen LogP) is 2.08. The zero-order valence-corrected chi connectivity index (χ0v) is 17.4. The Hall–Kier alpha value is -1.83. The molecule has 28 heavy (non-hydrogen) atoms. The number of benzene rings is 1. The molecule has 0 spiro atoms. The van der Waals surface area contributed by atoms with Crippen molar-refractivity contribution in [2.45, 2.75) is 38.5 Å². The molecule has 0 aromatic heterocycles. The second-order valence-corrected chi connectivity index (χ2v) is 8.79. The van der Waals surface area contributed by atoms with E-state index < -0.39 is 11.7 Å². The maximum atomic E-state index is 12.7. The third-order valence-electron chi connectivity index (χ3n) is 5.07. The van der Waals surface area contributed by atoms with E-state index in [1.54, 1.807) is 34.1 Å². The van der Waals surface area contributed by atoms with Crippen molar-refractivity contribution in [2.75, 3.05) is 39.3 Å². The molecule has 2 heterocycles. The van der Waals surface area contributed by atoms with Crippen LogP contribution in [-0.2, 0) is 4.74 Å². The van der Waals surface area contributed by atoms with Gasteiger partial charge in [-0.25, -0.2) is 4.79 Å². The Morgan fingerprint density at radius 3 is 2.21 bits per heavy atom. The topological polar surface area (TPSA) is 73.3 Å². The van der Waals surface area contributed by atoms with Gasteiger partial charge in [0.15, 0.2) is 0 Å². The molecule has 8 heteroatoms. The van der Waals surface area contributed by atoms with E-state index in [0.29, 0.717) is 49.9 Å². The first-order chi connectivity index (χ1) is 13.1. The van der Waals surface area contributed by atoms with Gasteiger partial charge in [-0.2, -0.15) is 0 Å². The Kier molecular flexibility index (Phi) is 6.17. The Bertz CT molecular complexity index is 711. The summed E-state index contributed by atoms with van der Waals surface area (Å²) in [5.41, 5.74) is 0.0465. The standard InChI is InChI=1S/C20H28ClN3O4/c1-20(2,3)28-19(27)23-10-8-22(9-11-23)16-12-24(13-17(16)25)18(26)14-4-6-15(21)7-5-14/h4-7,16-17,25H,8-13H2,1-3H3/t16-,17-/m0/s1. The number of ether oxygens (including phenoxy) is 1. The van der Waals surface area contributed by atoms with Gasteiger partial charge in [-0.05, 0) is 45.0 Å². The summed E-state index contributed by atoms with van der Waals surface area (Å²) in [6.07, 6.45) is -0.914. The summed E-state index contributed by atoms with van der Waals surface area (Å²) in [5.74, 6) is -0.106. The molecular weight excluding hydrogens is 382 g/mol. The van der Waals surface area contributed by atoms with Crippen molar-refractivity contribution in [3.8, 4) is 0 Å². The molecule has 0 unspecified atom stereocenters. The third kappa shape index (κ3) is 4.96. The molecule has 0 radical (unpaired) electrons. The van der Waals surface area contributed by atoms with E-state index in [-0.39, 0.29) is 18.0 Å². The molecule has 1 aromatic rings. The first-order valence-electron chi connectivity index (χ1n) is 9.59. The number of nitrogens with zero attached hydrogens (tertiary/aromatic N) is 3. The number of carbonyl (C=O) groups is 2. The van der Waals surface area contributed by atoms with E-state index in [1.165, 1.54) is 0 Å². The molecule has 2 amide bonds. The number of β-amino-alcohol motifs (C(OH)–C–C–N with tert-alkyl or cyclic N) is 1. The number of likely N-dealkylation sites (tertiary alicyclic amines) is 1. The molecule has 7 nitrogen and oxygen atoms in total. The minimum atomic E-state index is -0.607. The van der Waals surface area contributed by atoms with Gasteiger partial charge in [-0.15, -0.1) is 0 Å². The number of rotatable bonds is 2. The van der Waals surface area contributed by atoms with Gasteiger partial charge in [-0.3, -0.25) is 9.69 Å². The molecule has 0 aliphatic carbocycles. The number of amides is 2. The van der Waals surface area contributed by atoms with E-state index in [4.69, 9.17) is 16.3 Å². The monoisotopic (exact) mass is 409 g/mol. The second-order valence-electron chi connectivity index (χ2n) is 8.36. The molecule has 2 aliphatic rings. The van der Waals surface area contributed by atoms with Crippen LogP contribution in [-0.4, -0.2) is 88.8 Å². The van der Waals surface area contributed by atoms with E-state index in [9.17, 15) is 14.7 Å². The highest BCUT2D eigenvalue weighted by molar-refractivity contribution is 6.30. The van der Waals surface area contributed by atoms with E-state index in [2.05, 4.69) is 4.90 Å². The first kappa shape index (κ1) is 20.9. The van der Waals surface area contributed by atoms with Crippen LogP contribution in [0.1, 0.15) is 31.1 Å². The third-order valence-corrected chi connectivity index (χ3v) is 5.32. The van der Waals surface area contributed by atoms with Crippen LogP contribution in [0.4, 0.5) is 4.79 Å². The maximum Gasteiger partial charge on any atom is 0.410 e. The highest BCUT2D eigenvalue weighted by Crippen LogP contribution is 2.21. The average Bonchev–Trinajstić information content (AvgIpc) is 3.02. The predicted molar refractivity (Wildman–Crippen MR) is 107 cm³/mol. The minimum absolute atomic E-state index is 0.106. The summed E-state index contributed by atoms with van der Waals surface area (Å²) < 4.78 is 5.42. The molecular formula is C20H28ClN3O4. The number of carbonyl (C=O) groups excluding carboxylic acids is 2. The number of aliphatic hydroxyl groups is 1. The second kappa shape index (κ2) is 8.27. The van der Waals surface area contributed by atoms with Crippen molar-refractivity contribution in [2.24, 2.45) is 0 Å². The lowest BCUT2D eigenvalue weighted by molar-refractivity contribution is 0.00330. The van der Waals surface area contributed by atoms with Gasteiger partial charge in [0, 0.05) is 49.9 Å². The van der Waals surface area contributed by atoms with Gasteiger partial charge in [0.2, 0.25) is 0 Å². The summed E-state index contributed by atoms with van der Waals surface area (Å²) in [6, 6.07) is 6.65. The molecule has 154 valence electrons. The van der Waals surface area contributed by atoms with Crippen LogP contribution in [0.5, 0.6) is 0 Å². The molecule has 2 atom stereocenters. The van der Waals surface area contributed by atoms with E-state index in [1.807, 2.05) is 20.8 Å². The van der Waals surface area contributed by atoms with Crippen molar-refractivity contribution in [1.29, 1.82) is 0 Å². The van der Waals surface area contributed by atoms with Gasteiger partial charge in [0.1, 0.15) is 5.60 Å². The zero-order valence-electron chi connectivity index (χ0n) is 16.6. The van der Waals surface area contributed by atoms with Crippen LogP contribution in [0.25, 0.3) is 0 Å². The Morgan fingerprint density at radius 1 is 1.04 bits per heavy atom. The zero-order chi connectivity index (χ0) is 20.5. The SMILES string of the molecule is CC(C)(C)OC(=O)N1CCN([C@H]2CN(C(=O)c3ccc(Cl)cc3)C[C@@H]2O)CC1. The van der Waals surface area contributed by atoms with Crippen LogP contribution in [0.3, 0.4) is 0 Å². The number of halogens is 1. The lowest BCUT2D eigenvalue weighted by Gasteiger charge is -2.39. The molecule has 0 bridgehead atoms. The van der Waals surface area contributed by atoms with Crippen LogP contribution in [0.2, 0.25) is 5.02 Å². The van der Waals surface area contributed by atoms with Crippen LogP contribution in [0.15, 0.2) is 24.3 Å². The number of hydrogen-bond acceptors (Lipinski definition) is 5. The quantitative estimate of drug-likeness (QED) is 0.809. The fraction of sp³-hybridized carbons (Fsp3) is 0.600. The van der Waals surface area contributed by atoms with Crippen molar-refractivity contribution >= 4 is 23.6 Å². The van der Waals surface area contributed by atoms with Gasteiger partial charge < -0.3 is 19.6 Å². The normalized spacial score (nSPS) is 23.8. The van der Waals surface area contributed by atoms with E-state index in [0.717, 1.165) is 0 Å². The molecule has 2 saturated heterocycles. The van der Waals surface area contributed by atoms with Gasteiger partial charge in [-0.1, -0.05) is 11.6 Å². The average molecular weight is 410 g/mol. The van der Waals surface area contributed by atoms with Crippen molar-refractivity contribution in [1.82, 2.24) is 14.7 Å². The maximum absolute atomic E-state index is 12.7. The summed E-state index contributed by atoms with van der Waals surface area (Å²) in [6.45, 7) is 8.70. The van der Waals surface area contributed by atoms with E-state index >= 15 is 0 Å². The number of piperazine rings is 1. The molecule has 1 N–H and O–H groups in total. The Morgan fingerprint density at radius 2 is 1.64 bits per heavy atom. The molecule has 0 saturated carbocycles. The van der Waals surface area contributed by atoms with Crippen molar-refractivity contribution < 1.29 is 19.4 Å². The smallest absolute Gasteiger partial charge is 0.410 e. The lowest BCUT2D eigenvalue weighted by Crippen LogP contribution is -2.55. The molecule has 2 fully saturated rings. The van der Waals surface area contributed by atoms with Crippen LogP contribution >= 0.6 is 11.6 Å². The lowest BCUT2D eigenvalue weighted by atomic mass is 10.1. The Labute approximate surface area is 170 Å². The first-order valence-corrected chi connectivity index (χ1v) is 9.97. The summed E-state index contributed by atoms with van der Waals surface area (Å²) in [4.78, 5) is 30.4. The van der Waals surface area contributed by atoms with Gasteiger partial charge >= 0.3 is 6.09 Å². The fourth-order valence-corrected chi connectivity index (χ4v) is 3.76. The summed E-state index contributed by atoms with van der Waals surface area (Å²) in [7, 11) is 0. The number of hydrogen-bond donors (Lipinski definition) is 1. The van der Waals surface area contributed by atoms with Crippen molar-refractivity contribution in [3.05, 3.63) is 34.9 Å². The van der Waals surface area contributed by atoms with Gasteiger partial charge in [0.25, 0.3) is 5.91 Å².